The van der Waals surface area contributed by atoms with Crippen molar-refractivity contribution in [2.75, 3.05) is 13.2 Å². The summed E-state index contributed by atoms with van der Waals surface area (Å²) < 4.78 is 5.46. The number of nitrogens with zero attached hydrogens (tertiary/aromatic N) is 1. The fourth-order valence-corrected chi connectivity index (χ4v) is 3.00. The van der Waals surface area contributed by atoms with Gasteiger partial charge in [-0.15, -0.1) is 0 Å². The lowest BCUT2D eigenvalue weighted by molar-refractivity contribution is -0.135. The van der Waals surface area contributed by atoms with E-state index in [0.717, 1.165) is 25.0 Å². The number of oxime groups is 1. The lowest BCUT2D eigenvalue weighted by Gasteiger charge is -2.17. The van der Waals surface area contributed by atoms with Gasteiger partial charge in [-0.3, -0.25) is 9.59 Å². The maximum atomic E-state index is 12.3. The Kier molecular flexibility index (Phi) is 6.11. The maximum absolute atomic E-state index is 12.3. The van der Waals surface area contributed by atoms with E-state index >= 15 is 0 Å². The zero-order chi connectivity index (χ0) is 18.5. The van der Waals surface area contributed by atoms with Crippen LogP contribution in [0.5, 0.6) is 0 Å². The van der Waals surface area contributed by atoms with Gasteiger partial charge in [0.2, 0.25) is 12.0 Å². The molecule has 0 spiro atoms. The van der Waals surface area contributed by atoms with Gasteiger partial charge in [0.25, 0.3) is 5.91 Å². The van der Waals surface area contributed by atoms with Gasteiger partial charge < -0.3 is 20.2 Å². The van der Waals surface area contributed by atoms with E-state index < -0.39 is 12.1 Å². The van der Waals surface area contributed by atoms with Gasteiger partial charge in [-0.25, -0.2) is 0 Å². The van der Waals surface area contributed by atoms with Crippen LogP contribution in [0.25, 0.3) is 0 Å². The van der Waals surface area contributed by atoms with Gasteiger partial charge in [-0.2, -0.15) is 0 Å². The maximum Gasteiger partial charge on any atom is 0.264 e. The third kappa shape index (κ3) is 4.74. The second kappa shape index (κ2) is 8.51. The number of carbonyl (C=O) groups is 2. The minimum atomic E-state index is -0.742. The molecule has 26 heavy (non-hydrogen) atoms. The number of benzene rings is 1. The van der Waals surface area contributed by atoms with Crippen molar-refractivity contribution >= 4 is 29.1 Å². The molecule has 1 saturated heterocycles. The second-order valence-corrected chi connectivity index (χ2v) is 6.89. The lowest BCUT2D eigenvalue weighted by Crippen LogP contribution is -2.49. The van der Waals surface area contributed by atoms with Gasteiger partial charge in [0.1, 0.15) is 6.04 Å². The van der Waals surface area contributed by atoms with Crippen LogP contribution in [-0.2, 0) is 19.2 Å². The van der Waals surface area contributed by atoms with Crippen LogP contribution in [0, 0.1) is 0 Å². The lowest BCUT2D eigenvalue weighted by atomic mass is 10.0. The molecule has 8 heteroatoms. The number of hydrogen-bond donors (Lipinski definition) is 2. The number of hydrogen-bond acceptors (Lipinski definition) is 5. The molecule has 3 rings (SSSR count). The number of rotatable bonds is 6. The summed E-state index contributed by atoms with van der Waals surface area (Å²) in [6.07, 6.45) is 1.63. The monoisotopic (exact) mass is 379 g/mol. The summed E-state index contributed by atoms with van der Waals surface area (Å²) >= 11 is 5.87. The van der Waals surface area contributed by atoms with Gasteiger partial charge in [0, 0.05) is 24.6 Å². The molecule has 2 heterocycles. The van der Waals surface area contributed by atoms with Gasteiger partial charge in [0.15, 0.2) is 0 Å². The second-order valence-electron chi connectivity index (χ2n) is 6.45. The van der Waals surface area contributed by atoms with Crippen molar-refractivity contribution in [3.8, 4) is 0 Å². The number of ether oxygens (including phenoxy) is 1. The number of halogens is 1. The van der Waals surface area contributed by atoms with Gasteiger partial charge in [-0.1, -0.05) is 28.9 Å². The minimum Gasteiger partial charge on any atom is -0.382 e. The van der Waals surface area contributed by atoms with Crippen molar-refractivity contribution in [1.29, 1.82) is 0 Å². The molecule has 1 aromatic rings. The van der Waals surface area contributed by atoms with Crippen molar-refractivity contribution in [3.05, 3.63) is 34.9 Å². The average molecular weight is 380 g/mol. The summed E-state index contributed by atoms with van der Waals surface area (Å²) in [5.74, 6) is -0.608. The largest absolute Gasteiger partial charge is 0.382 e. The number of nitrogens with one attached hydrogen (secondary N) is 2. The Morgan fingerprint density at radius 3 is 2.81 bits per heavy atom. The van der Waals surface area contributed by atoms with Gasteiger partial charge >= 0.3 is 0 Å². The molecule has 7 nitrogen and oxygen atoms in total. The first kappa shape index (κ1) is 18.7. The fraction of sp³-hybridized carbons (Fsp3) is 0.500. The predicted octanol–water partition coefficient (Wildman–Crippen LogP) is 1.63. The third-order valence-corrected chi connectivity index (χ3v) is 4.67. The first-order chi connectivity index (χ1) is 12.5. The molecular weight excluding hydrogens is 358 g/mol. The Morgan fingerprint density at radius 1 is 1.35 bits per heavy atom. The van der Waals surface area contributed by atoms with Crippen LogP contribution in [0.3, 0.4) is 0 Å². The zero-order valence-corrected chi connectivity index (χ0v) is 15.3. The smallest absolute Gasteiger partial charge is 0.264 e. The Bertz CT molecular complexity index is 686. The van der Waals surface area contributed by atoms with Gasteiger partial charge in [0.05, 0.1) is 11.8 Å². The molecular formula is C18H22ClN3O4. The molecule has 1 aromatic carbocycles. The van der Waals surface area contributed by atoms with E-state index in [1.807, 2.05) is 12.1 Å². The molecule has 0 saturated carbocycles. The molecule has 0 aromatic heterocycles. The van der Waals surface area contributed by atoms with E-state index in [1.165, 1.54) is 0 Å². The predicted molar refractivity (Wildman–Crippen MR) is 97.1 cm³/mol. The van der Waals surface area contributed by atoms with E-state index in [2.05, 4.69) is 15.8 Å². The summed E-state index contributed by atoms with van der Waals surface area (Å²) in [6.45, 7) is 2.84. The summed E-state index contributed by atoms with van der Waals surface area (Å²) in [4.78, 5) is 29.6. The van der Waals surface area contributed by atoms with E-state index in [0.29, 0.717) is 23.7 Å². The van der Waals surface area contributed by atoms with E-state index in [9.17, 15) is 9.59 Å². The van der Waals surface area contributed by atoms with Crippen molar-refractivity contribution in [1.82, 2.24) is 10.6 Å². The summed E-state index contributed by atoms with van der Waals surface area (Å²) in [6, 6.07) is 6.51. The molecule has 3 atom stereocenters. The van der Waals surface area contributed by atoms with Crippen LogP contribution in [0.2, 0.25) is 5.02 Å². The molecule has 2 amide bonds. The molecule has 2 aliphatic rings. The molecule has 0 aliphatic carbocycles. The SMILES string of the molecule is C[C@@H](NC(=O)[C@@H]1CC(c2ccc(Cl)cc2)=NO1)C(=O)NC[C@@H]1CCCO1. The fourth-order valence-electron chi connectivity index (χ4n) is 2.88. The number of carbonyl (C=O) groups excluding carboxylic acids is 2. The highest BCUT2D eigenvalue weighted by atomic mass is 35.5. The van der Waals surface area contributed by atoms with Crippen molar-refractivity contribution in [3.63, 3.8) is 0 Å². The molecule has 2 aliphatic heterocycles. The minimum absolute atomic E-state index is 0.0651. The highest BCUT2D eigenvalue weighted by molar-refractivity contribution is 6.30. The third-order valence-electron chi connectivity index (χ3n) is 4.42. The van der Waals surface area contributed by atoms with Crippen LogP contribution in [0.4, 0.5) is 0 Å². The quantitative estimate of drug-likeness (QED) is 0.786. The Hall–Kier alpha value is -2.12. The molecule has 0 radical (unpaired) electrons. The molecule has 1 fully saturated rings. The Balaban J connectivity index is 1.44. The van der Waals surface area contributed by atoms with Crippen LogP contribution in [-0.4, -0.2) is 48.9 Å². The van der Waals surface area contributed by atoms with Crippen molar-refractivity contribution < 1.29 is 19.2 Å². The normalized spacial score (nSPS) is 23.1. The number of amides is 2. The van der Waals surface area contributed by atoms with Crippen molar-refractivity contribution in [2.24, 2.45) is 5.16 Å². The van der Waals surface area contributed by atoms with Crippen LogP contribution >= 0.6 is 11.6 Å². The van der Waals surface area contributed by atoms with E-state index in [1.54, 1.807) is 19.1 Å². The van der Waals surface area contributed by atoms with E-state index in [4.69, 9.17) is 21.2 Å². The standard InChI is InChI=1S/C18H22ClN3O4/c1-11(17(23)20-10-14-3-2-8-25-14)21-18(24)16-9-15(22-26-16)12-4-6-13(19)7-5-12/h4-7,11,14,16H,2-3,8-10H2,1H3,(H,20,23)(H,21,24)/t11-,14+,16+/m1/s1. The molecule has 0 unspecified atom stereocenters. The molecule has 0 bridgehead atoms. The van der Waals surface area contributed by atoms with Crippen LogP contribution < -0.4 is 10.6 Å². The van der Waals surface area contributed by atoms with Crippen LogP contribution in [0.1, 0.15) is 31.7 Å². The van der Waals surface area contributed by atoms with E-state index in [-0.39, 0.29) is 17.9 Å². The summed E-state index contributed by atoms with van der Waals surface area (Å²) in [7, 11) is 0. The summed E-state index contributed by atoms with van der Waals surface area (Å²) in [5, 5.41) is 10.1. The average Bonchev–Trinajstić information content (AvgIpc) is 3.32. The molecule has 140 valence electrons. The van der Waals surface area contributed by atoms with Crippen molar-refractivity contribution in [2.45, 2.75) is 44.4 Å². The Labute approximate surface area is 157 Å². The topological polar surface area (TPSA) is 89.0 Å². The highest BCUT2D eigenvalue weighted by Gasteiger charge is 2.30. The molecule has 2 N–H and O–H groups in total. The Morgan fingerprint density at radius 2 is 2.12 bits per heavy atom. The van der Waals surface area contributed by atoms with Crippen LogP contribution in [0.15, 0.2) is 29.4 Å². The van der Waals surface area contributed by atoms with Gasteiger partial charge in [-0.05, 0) is 37.5 Å². The zero-order valence-electron chi connectivity index (χ0n) is 14.5. The highest BCUT2D eigenvalue weighted by Crippen LogP contribution is 2.19. The first-order valence-corrected chi connectivity index (χ1v) is 9.09. The summed E-state index contributed by atoms with van der Waals surface area (Å²) in [5.41, 5.74) is 1.53. The first-order valence-electron chi connectivity index (χ1n) is 8.71.